The Bertz CT molecular complexity index is 911. The van der Waals surface area contributed by atoms with Gasteiger partial charge in [-0.2, -0.15) is 0 Å². The molecule has 1 N–H and O–H groups in total. The first-order chi connectivity index (χ1) is 13.5. The third-order valence-corrected chi connectivity index (χ3v) is 7.04. The van der Waals surface area contributed by atoms with Gasteiger partial charge in [-0.25, -0.2) is 9.97 Å². The van der Waals surface area contributed by atoms with Gasteiger partial charge in [-0.05, 0) is 25.3 Å². The number of nitrogens with zero attached hydrogens (tertiary/aromatic N) is 3. The number of carbonyl (C=O) groups is 1. The maximum atomic E-state index is 12.4. The zero-order valence-corrected chi connectivity index (χ0v) is 18.2. The van der Waals surface area contributed by atoms with Gasteiger partial charge in [0.25, 0.3) is 0 Å². The topological polar surface area (TPSA) is 67.4 Å². The van der Waals surface area contributed by atoms with E-state index in [0.29, 0.717) is 5.13 Å². The Hall–Kier alpha value is -1.65. The molecule has 1 fully saturated rings. The number of thiophene rings is 1. The first kappa shape index (κ1) is 19.7. The maximum absolute atomic E-state index is 12.4. The molecule has 4 heterocycles. The van der Waals surface area contributed by atoms with E-state index < -0.39 is 0 Å². The summed E-state index contributed by atoms with van der Waals surface area (Å²) in [6, 6.07) is 4.05. The summed E-state index contributed by atoms with van der Waals surface area (Å²) >= 11 is 4.69. The lowest BCUT2D eigenvalue weighted by molar-refractivity contribution is -0.115. The molecule has 0 saturated carbocycles. The molecule has 9 heteroatoms. The Morgan fingerprint density at radius 3 is 2.71 bits per heavy atom. The molecule has 4 rings (SSSR count). The van der Waals surface area contributed by atoms with Gasteiger partial charge >= 0.3 is 0 Å². The first-order valence-corrected chi connectivity index (χ1v) is 11.8. The van der Waals surface area contributed by atoms with Gasteiger partial charge in [0.2, 0.25) is 5.91 Å². The van der Waals surface area contributed by atoms with Crippen LogP contribution in [0.3, 0.4) is 0 Å². The van der Waals surface area contributed by atoms with Crippen LogP contribution in [0, 0.1) is 0 Å². The summed E-state index contributed by atoms with van der Waals surface area (Å²) in [5.41, 5.74) is 1.77. The van der Waals surface area contributed by atoms with Crippen molar-refractivity contribution in [2.45, 2.75) is 39.0 Å². The highest BCUT2D eigenvalue weighted by molar-refractivity contribution is 7.20. The van der Waals surface area contributed by atoms with E-state index in [-0.39, 0.29) is 24.5 Å². The molecule has 1 amide bonds. The van der Waals surface area contributed by atoms with Gasteiger partial charge in [0, 0.05) is 30.4 Å². The van der Waals surface area contributed by atoms with E-state index in [2.05, 4.69) is 34.0 Å². The zero-order chi connectivity index (χ0) is 19.5. The Morgan fingerprint density at radius 1 is 1.18 bits per heavy atom. The second kappa shape index (κ2) is 8.79. The molecule has 0 spiro atoms. The molecule has 1 aliphatic heterocycles. The van der Waals surface area contributed by atoms with E-state index in [1.807, 2.05) is 28.3 Å². The fourth-order valence-corrected chi connectivity index (χ4v) is 5.66. The molecular weight excluding hydrogens is 412 g/mol. The highest BCUT2D eigenvalue weighted by atomic mass is 32.1. The summed E-state index contributed by atoms with van der Waals surface area (Å²) in [4.78, 5) is 25.0. The average molecular weight is 435 g/mol. The van der Waals surface area contributed by atoms with Gasteiger partial charge in [0.05, 0.1) is 34.9 Å². The standard InChI is InChI=1S/C19H22N4O2S3/c1-12-7-23(8-13(2)25-12)9-15-11-28-19(21-15)22-17(24)6-14-10-27-18(20-14)16-4-3-5-26-16/h3-5,10-13H,6-9H2,1-2H3,(H,21,22,24). The predicted octanol–water partition coefficient (Wildman–Crippen LogP) is 4.12. The number of anilines is 1. The molecule has 3 aromatic heterocycles. The van der Waals surface area contributed by atoms with Crippen LogP contribution < -0.4 is 5.32 Å². The number of nitrogens with one attached hydrogen (secondary N) is 1. The van der Waals surface area contributed by atoms with Crippen LogP contribution in [0.2, 0.25) is 0 Å². The Kier molecular flexibility index (Phi) is 6.17. The molecular formula is C19H22N4O2S3. The van der Waals surface area contributed by atoms with Crippen LogP contribution >= 0.6 is 34.0 Å². The monoisotopic (exact) mass is 434 g/mol. The SMILES string of the molecule is CC1CN(Cc2csc(NC(=O)Cc3csc(-c4cccs4)n3)n2)CC(C)O1. The smallest absolute Gasteiger partial charge is 0.232 e. The number of thiazole rings is 2. The van der Waals surface area contributed by atoms with E-state index in [4.69, 9.17) is 4.74 Å². The normalized spacial score (nSPS) is 20.4. The largest absolute Gasteiger partial charge is 0.373 e. The minimum Gasteiger partial charge on any atom is -0.373 e. The van der Waals surface area contributed by atoms with E-state index in [9.17, 15) is 4.79 Å². The van der Waals surface area contributed by atoms with Crippen LogP contribution in [0.15, 0.2) is 28.3 Å². The number of hydrogen-bond donors (Lipinski definition) is 1. The zero-order valence-electron chi connectivity index (χ0n) is 15.8. The lowest BCUT2D eigenvalue weighted by atomic mass is 10.2. The van der Waals surface area contributed by atoms with Crippen LogP contribution in [-0.2, 0) is 22.5 Å². The maximum Gasteiger partial charge on any atom is 0.232 e. The molecule has 0 aromatic carbocycles. The van der Waals surface area contributed by atoms with Crippen LogP contribution in [0.1, 0.15) is 25.2 Å². The summed E-state index contributed by atoms with van der Waals surface area (Å²) in [5, 5.41) is 10.5. The molecule has 0 bridgehead atoms. The molecule has 2 unspecified atom stereocenters. The molecule has 3 aromatic rings. The average Bonchev–Trinajstić information content (AvgIpc) is 3.35. The third-order valence-electron chi connectivity index (χ3n) is 4.30. The highest BCUT2D eigenvalue weighted by Crippen LogP contribution is 2.28. The van der Waals surface area contributed by atoms with E-state index >= 15 is 0 Å². The summed E-state index contributed by atoms with van der Waals surface area (Å²) in [6.45, 7) is 6.77. The Labute approximate surface area is 176 Å². The second-order valence-electron chi connectivity index (χ2n) is 6.94. The van der Waals surface area contributed by atoms with Crippen LogP contribution in [0.25, 0.3) is 9.88 Å². The molecule has 2 atom stereocenters. The van der Waals surface area contributed by atoms with Crippen molar-refractivity contribution in [3.63, 3.8) is 0 Å². The van der Waals surface area contributed by atoms with Gasteiger partial charge in [-0.1, -0.05) is 6.07 Å². The lowest BCUT2D eigenvalue weighted by Crippen LogP contribution is -2.44. The van der Waals surface area contributed by atoms with E-state index in [1.54, 1.807) is 22.7 Å². The molecule has 28 heavy (non-hydrogen) atoms. The fourth-order valence-electron chi connectivity index (χ4n) is 3.31. The fraction of sp³-hybridized carbons (Fsp3) is 0.421. The first-order valence-electron chi connectivity index (χ1n) is 9.15. The van der Waals surface area contributed by atoms with Crippen molar-refractivity contribution in [1.82, 2.24) is 14.9 Å². The number of rotatable bonds is 6. The number of amides is 1. The number of ether oxygens (including phenoxy) is 1. The summed E-state index contributed by atoms with van der Waals surface area (Å²) < 4.78 is 5.77. The summed E-state index contributed by atoms with van der Waals surface area (Å²) in [5.74, 6) is -0.0856. The molecule has 1 aliphatic rings. The molecule has 1 saturated heterocycles. The van der Waals surface area contributed by atoms with Crippen LogP contribution in [-0.4, -0.2) is 46.1 Å². The van der Waals surface area contributed by atoms with Gasteiger partial charge < -0.3 is 10.1 Å². The predicted molar refractivity (Wildman–Crippen MR) is 115 cm³/mol. The Balaban J connectivity index is 1.30. The van der Waals surface area contributed by atoms with Crippen molar-refractivity contribution in [3.8, 4) is 9.88 Å². The number of aromatic nitrogens is 2. The highest BCUT2D eigenvalue weighted by Gasteiger charge is 2.22. The lowest BCUT2D eigenvalue weighted by Gasteiger charge is -2.34. The minimum atomic E-state index is -0.0856. The minimum absolute atomic E-state index is 0.0856. The molecule has 0 aliphatic carbocycles. The van der Waals surface area contributed by atoms with Gasteiger partial charge in [-0.15, -0.1) is 34.0 Å². The molecule has 148 valence electrons. The van der Waals surface area contributed by atoms with Crippen molar-refractivity contribution in [1.29, 1.82) is 0 Å². The van der Waals surface area contributed by atoms with Gasteiger partial charge in [0.1, 0.15) is 5.01 Å². The van der Waals surface area contributed by atoms with Crippen molar-refractivity contribution >= 4 is 45.0 Å². The Morgan fingerprint density at radius 2 is 1.96 bits per heavy atom. The third kappa shape index (κ3) is 5.03. The van der Waals surface area contributed by atoms with Gasteiger partial charge in [0.15, 0.2) is 5.13 Å². The summed E-state index contributed by atoms with van der Waals surface area (Å²) in [7, 11) is 0. The molecule has 0 radical (unpaired) electrons. The van der Waals surface area contributed by atoms with E-state index in [1.165, 1.54) is 11.3 Å². The van der Waals surface area contributed by atoms with Gasteiger partial charge in [-0.3, -0.25) is 9.69 Å². The van der Waals surface area contributed by atoms with Crippen molar-refractivity contribution in [3.05, 3.63) is 39.7 Å². The quantitative estimate of drug-likeness (QED) is 0.632. The second-order valence-corrected chi connectivity index (χ2v) is 9.61. The van der Waals surface area contributed by atoms with Crippen LogP contribution in [0.5, 0.6) is 0 Å². The van der Waals surface area contributed by atoms with Crippen molar-refractivity contribution in [2.75, 3.05) is 18.4 Å². The van der Waals surface area contributed by atoms with Crippen molar-refractivity contribution in [2.24, 2.45) is 0 Å². The summed E-state index contributed by atoms with van der Waals surface area (Å²) in [6.07, 6.45) is 0.729. The number of morpholine rings is 1. The van der Waals surface area contributed by atoms with Crippen LogP contribution in [0.4, 0.5) is 5.13 Å². The number of carbonyl (C=O) groups excluding carboxylic acids is 1. The molecule has 6 nitrogen and oxygen atoms in total. The number of hydrogen-bond acceptors (Lipinski definition) is 8. The van der Waals surface area contributed by atoms with E-state index in [0.717, 1.165) is 40.9 Å². The van der Waals surface area contributed by atoms with Crippen molar-refractivity contribution < 1.29 is 9.53 Å².